The number of methoxy groups -OCH3 is 1. The predicted octanol–water partition coefficient (Wildman–Crippen LogP) is 3.72. The Kier molecular flexibility index (Phi) is 4.74. The van der Waals surface area contributed by atoms with E-state index >= 15 is 0 Å². The van der Waals surface area contributed by atoms with Crippen LogP contribution in [0.1, 0.15) is 39.2 Å². The topological polar surface area (TPSA) is 97.1 Å². The molecule has 0 aliphatic carbocycles. The number of amides is 1. The number of benzene rings is 2. The lowest BCUT2D eigenvalue weighted by Crippen LogP contribution is -2.39. The Hall–Kier alpha value is -3.94. The third-order valence-corrected chi connectivity index (χ3v) is 5.50. The van der Waals surface area contributed by atoms with Gasteiger partial charge >= 0.3 is 0 Å². The maximum atomic E-state index is 13.4. The normalized spacial score (nSPS) is 15.5. The van der Waals surface area contributed by atoms with E-state index < -0.39 is 6.04 Å². The fourth-order valence-electron chi connectivity index (χ4n) is 3.84. The summed E-state index contributed by atoms with van der Waals surface area (Å²) in [5.41, 5.74) is 4.36. The van der Waals surface area contributed by atoms with Crippen LogP contribution in [0.5, 0.6) is 5.75 Å². The molecule has 2 aromatic carbocycles. The molecular weight excluding hydrogens is 394 g/mol. The molecule has 1 aliphatic heterocycles. The van der Waals surface area contributed by atoms with Crippen LogP contribution < -0.4 is 4.74 Å². The summed E-state index contributed by atoms with van der Waals surface area (Å²) in [6, 6.07) is 14.6. The van der Waals surface area contributed by atoms with E-state index in [1.807, 2.05) is 31.2 Å². The standard InChI is InChI=1S/C23H21N5O3/c1-14-4-3-5-16(10-14)21-26-22(31-27-21)20-11-18-19(25-13-24-18)12-28(20)23(29)15-6-8-17(30-2)9-7-15/h3-10,13,20H,11-12H2,1-2H3,(H,24,25). The summed E-state index contributed by atoms with van der Waals surface area (Å²) in [5.74, 6) is 1.47. The number of rotatable bonds is 4. The number of H-pyrrole nitrogens is 1. The van der Waals surface area contributed by atoms with Crippen LogP contribution >= 0.6 is 0 Å². The number of fused-ring (bicyclic) bond motifs is 1. The molecule has 4 aromatic rings. The van der Waals surface area contributed by atoms with E-state index in [1.54, 1.807) is 42.6 Å². The van der Waals surface area contributed by atoms with Crippen LogP contribution in [-0.4, -0.2) is 38.0 Å². The molecule has 0 saturated carbocycles. The summed E-state index contributed by atoms with van der Waals surface area (Å²) in [5, 5.41) is 4.17. The van der Waals surface area contributed by atoms with Gasteiger partial charge in [0.2, 0.25) is 11.7 Å². The number of imidazole rings is 1. The third-order valence-electron chi connectivity index (χ3n) is 5.50. The minimum Gasteiger partial charge on any atom is -0.497 e. The number of hydrogen-bond donors (Lipinski definition) is 1. The summed E-state index contributed by atoms with van der Waals surface area (Å²) < 4.78 is 10.8. The number of nitrogens with one attached hydrogen (secondary N) is 1. The average molecular weight is 415 g/mol. The van der Waals surface area contributed by atoms with Crippen LogP contribution in [0.15, 0.2) is 59.4 Å². The molecule has 1 unspecified atom stereocenters. The second-order valence-corrected chi connectivity index (χ2v) is 7.53. The van der Waals surface area contributed by atoms with Gasteiger partial charge in [-0.2, -0.15) is 4.98 Å². The molecule has 5 rings (SSSR count). The highest BCUT2D eigenvalue weighted by molar-refractivity contribution is 5.94. The van der Waals surface area contributed by atoms with Gasteiger partial charge in [0.1, 0.15) is 11.8 Å². The largest absolute Gasteiger partial charge is 0.497 e. The maximum Gasteiger partial charge on any atom is 0.254 e. The number of aromatic amines is 1. The first-order valence-corrected chi connectivity index (χ1v) is 9.99. The fourth-order valence-corrected chi connectivity index (χ4v) is 3.84. The Morgan fingerprint density at radius 3 is 2.84 bits per heavy atom. The summed E-state index contributed by atoms with van der Waals surface area (Å²) in [6.45, 7) is 2.40. The molecule has 31 heavy (non-hydrogen) atoms. The van der Waals surface area contributed by atoms with E-state index in [0.717, 1.165) is 22.5 Å². The molecule has 0 fully saturated rings. The summed E-state index contributed by atoms with van der Waals surface area (Å²) in [6.07, 6.45) is 2.14. The maximum absolute atomic E-state index is 13.4. The number of aromatic nitrogens is 4. The van der Waals surface area contributed by atoms with E-state index in [4.69, 9.17) is 9.26 Å². The molecule has 3 heterocycles. The molecule has 8 heteroatoms. The molecule has 8 nitrogen and oxygen atoms in total. The molecule has 0 bridgehead atoms. The highest BCUT2D eigenvalue weighted by atomic mass is 16.5. The monoisotopic (exact) mass is 415 g/mol. The van der Waals surface area contributed by atoms with E-state index in [0.29, 0.717) is 36.0 Å². The molecule has 1 atom stereocenters. The van der Waals surface area contributed by atoms with Crippen molar-refractivity contribution in [2.75, 3.05) is 7.11 Å². The number of aryl methyl sites for hydroxylation is 1. The highest BCUT2D eigenvalue weighted by Crippen LogP contribution is 2.33. The van der Waals surface area contributed by atoms with Gasteiger partial charge in [-0.3, -0.25) is 4.79 Å². The zero-order valence-corrected chi connectivity index (χ0v) is 17.2. The first-order valence-electron chi connectivity index (χ1n) is 9.99. The minimum atomic E-state index is -0.406. The zero-order valence-electron chi connectivity index (χ0n) is 17.2. The van der Waals surface area contributed by atoms with Crippen molar-refractivity contribution in [1.82, 2.24) is 25.0 Å². The zero-order chi connectivity index (χ0) is 21.4. The van der Waals surface area contributed by atoms with Crippen LogP contribution in [0, 0.1) is 6.92 Å². The predicted molar refractivity (Wildman–Crippen MR) is 112 cm³/mol. The van der Waals surface area contributed by atoms with Gasteiger partial charge in [0, 0.05) is 17.5 Å². The minimum absolute atomic E-state index is 0.122. The van der Waals surface area contributed by atoms with Crippen LogP contribution in [0.25, 0.3) is 11.4 Å². The van der Waals surface area contributed by atoms with Crippen LogP contribution in [0.2, 0.25) is 0 Å². The summed E-state index contributed by atoms with van der Waals surface area (Å²) in [4.78, 5) is 27.3. The van der Waals surface area contributed by atoms with Gasteiger partial charge in [0.05, 0.1) is 31.4 Å². The lowest BCUT2D eigenvalue weighted by atomic mass is 10.0. The average Bonchev–Trinajstić information content (AvgIpc) is 3.47. The van der Waals surface area contributed by atoms with Crippen molar-refractivity contribution >= 4 is 5.91 Å². The third kappa shape index (κ3) is 3.56. The molecule has 1 N–H and O–H groups in total. The molecular formula is C23H21N5O3. The van der Waals surface area contributed by atoms with Crippen LogP contribution in [-0.2, 0) is 13.0 Å². The van der Waals surface area contributed by atoms with Crippen molar-refractivity contribution in [3.05, 3.63) is 83.3 Å². The SMILES string of the molecule is COc1ccc(C(=O)N2Cc3[nH]cnc3CC2c2nc(-c3cccc(C)c3)no2)cc1. The number of carbonyl (C=O) groups is 1. The number of ether oxygens (including phenoxy) is 1. The molecule has 1 amide bonds. The number of nitrogens with zero attached hydrogens (tertiary/aromatic N) is 4. The summed E-state index contributed by atoms with van der Waals surface area (Å²) >= 11 is 0. The van der Waals surface area contributed by atoms with Crippen LogP contribution in [0.4, 0.5) is 0 Å². The molecule has 2 aromatic heterocycles. The molecule has 0 radical (unpaired) electrons. The van der Waals surface area contributed by atoms with E-state index in [9.17, 15) is 4.79 Å². The van der Waals surface area contributed by atoms with Crippen LogP contribution in [0.3, 0.4) is 0 Å². The molecule has 0 spiro atoms. The van der Waals surface area contributed by atoms with Crippen molar-refractivity contribution in [2.24, 2.45) is 0 Å². The second-order valence-electron chi connectivity index (χ2n) is 7.53. The molecule has 156 valence electrons. The van der Waals surface area contributed by atoms with Gasteiger partial charge in [-0.25, -0.2) is 4.98 Å². The second kappa shape index (κ2) is 7.71. The van der Waals surface area contributed by atoms with Gasteiger partial charge in [0.15, 0.2) is 0 Å². The number of carbonyl (C=O) groups excluding carboxylic acids is 1. The van der Waals surface area contributed by atoms with Crippen molar-refractivity contribution in [2.45, 2.75) is 25.9 Å². The van der Waals surface area contributed by atoms with Crippen molar-refractivity contribution < 1.29 is 14.1 Å². The Labute approximate surface area is 178 Å². The van der Waals surface area contributed by atoms with Crippen molar-refractivity contribution in [3.63, 3.8) is 0 Å². The van der Waals surface area contributed by atoms with Gasteiger partial charge in [0.25, 0.3) is 5.91 Å². The highest BCUT2D eigenvalue weighted by Gasteiger charge is 2.36. The smallest absolute Gasteiger partial charge is 0.254 e. The first-order chi connectivity index (χ1) is 15.1. The molecule has 0 saturated heterocycles. The van der Waals surface area contributed by atoms with E-state index in [-0.39, 0.29) is 5.91 Å². The Morgan fingerprint density at radius 2 is 2.06 bits per heavy atom. The van der Waals surface area contributed by atoms with Gasteiger partial charge in [-0.1, -0.05) is 28.9 Å². The van der Waals surface area contributed by atoms with E-state index in [1.165, 1.54) is 0 Å². The Balaban J connectivity index is 1.50. The van der Waals surface area contributed by atoms with E-state index in [2.05, 4.69) is 20.1 Å². The Bertz CT molecular complexity index is 1230. The van der Waals surface area contributed by atoms with Gasteiger partial charge in [-0.15, -0.1) is 0 Å². The molecule has 1 aliphatic rings. The van der Waals surface area contributed by atoms with Gasteiger partial charge < -0.3 is 19.1 Å². The quantitative estimate of drug-likeness (QED) is 0.546. The lowest BCUT2D eigenvalue weighted by Gasteiger charge is -2.32. The van der Waals surface area contributed by atoms with Crippen molar-refractivity contribution in [1.29, 1.82) is 0 Å². The Morgan fingerprint density at radius 1 is 1.23 bits per heavy atom. The lowest BCUT2D eigenvalue weighted by molar-refractivity contribution is 0.0589. The summed E-state index contributed by atoms with van der Waals surface area (Å²) in [7, 11) is 1.60. The first kappa shape index (κ1) is 19.0. The van der Waals surface area contributed by atoms with Crippen molar-refractivity contribution in [3.8, 4) is 17.1 Å². The fraction of sp³-hybridized carbons (Fsp3) is 0.217. The van der Waals surface area contributed by atoms with Gasteiger partial charge in [-0.05, 0) is 37.3 Å². The number of hydrogen-bond acceptors (Lipinski definition) is 6.